The first-order valence-electron chi connectivity index (χ1n) is 8.09. The number of phenols is 1. The Morgan fingerprint density at radius 2 is 1.97 bits per heavy atom. The summed E-state index contributed by atoms with van der Waals surface area (Å²) in [6.07, 6.45) is -4.49. The van der Waals surface area contributed by atoms with E-state index in [0.29, 0.717) is 5.52 Å². The lowest BCUT2D eigenvalue weighted by Crippen LogP contribution is -2.20. The number of phenolic OH excluding ortho intramolecular Hbond substituents is 1. The third-order valence-electron chi connectivity index (χ3n) is 3.86. The second-order valence-electron chi connectivity index (χ2n) is 6.02. The molecule has 0 aliphatic rings. The zero-order valence-corrected chi connectivity index (χ0v) is 16.3. The van der Waals surface area contributed by atoms with Gasteiger partial charge in [0.1, 0.15) is 5.75 Å². The van der Waals surface area contributed by atoms with Gasteiger partial charge in [0.2, 0.25) is 5.91 Å². The molecule has 1 heterocycles. The van der Waals surface area contributed by atoms with Gasteiger partial charge in [0.25, 0.3) is 5.91 Å². The Morgan fingerprint density at radius 1 is 1.24 bits per heavy atom. The van der Waals surface area contributed by atoms with Gasteiger partial charge in [0.05, 0.1) is 21.3 Å². The van der Waals surface area contributed by atoms with E-state index in [0.717, 1.165) is 23.5 Å². The van der Waals surface area contributed by atoms with Crippen molar-refractivity contribution in [2.75, 3.05) is 5.32 Å². The number of aromatic nitrogens is 1. The summed E-state index contributed by atoms with van der Waals surface area (Å²) in [4.78, 5) is 27.7. The topological polar surface area (TPSA) is 91.3 Å². The average Bonchev–Trinajstić information content (AvgIpc) is 3.02. The number of anilines is 1. The number of halogens is 4. The monoisotopic (exact) mass is 443 g/mol. The number of benzene rings is 2. The van der Waals surface area contributed by atoms with Crippen LogP contribution in [-0.2, 0) is 17.5 Å². The Balaban J connectivity index is 1.87. The summed E-state index contributed by atoms with van der Waals surface area (Å²) in [6, 6.07) is 5.71. The molecule has 0 saturated heterocycles. The molecule has 2 amide bonds. The molecule has 3 rings (SSSR count). The molecule has 11 heteroatoms. The Hall–Kier alpha value is -2.85. The zero-order valence-electron chi connectivity index (χ0n) is 14.7. The number of thiazole rings is 1. The first-order chi connectivity index (χ1) is 13.5. The lowest BCUT2D eigenvalue weighted by atomic mass is 10.1. The second-order valence-corrected chi connectivity index (χ2v) is 7.49. The van der Waals surface area contributed by atoms with Crippen molar-refractivity contribution in [2.45, 2.75) is 19.6 Å². The summed E-state index contributed by atoms with van der Waals surface area (Å²) in [7, 11) is 0. The van der Waals surface area contributed by atoms with Crippen molar-refractivity contribution in [1.82, 2.24) is 10.3 Å². The average molecular weight is 444 g/mol. The number of hydrogen-bond donors (Lipinski definition) is 3. The summed E-state index contributed by atoms with van der Waals surface area (Å²) < 4.78 is 38.8. The van der Waals surface area contributed by atoms with E-state index >= 15 is 0 Å². The number of rotatable bonds is 4. The standard InChI is InChI=1S/C18H13ClF3N3O3S/c1-8(26)23-7-9-4-11(19)6-12(15(9)27)16(28)25-17-24-13-3-2-10(18(20,21)22)5-14(13)29-17/h2-6,27H,7H2,1H3,(H,23,26)(H,24,25,28). The molecule has 152 valence electrons. The van der Waals surface area contributed by atoms with Gasteiger partial charge in [-0.1, -0.05) is 22.9 Å². The van der Waals surface area contributed by atoms with Gasteiger partial charge in [-0.25, -0.2) is 4.98 Å². The molecule has 1 aromatic heterocycles. The second kappa shape index (κ2) is 7.88. The van der Waals surface area contributed by atoms with E-state index in [1.54, 1.807) is 0 Å². The van der Waals surface area contributed by atoms with Crippen molar-refractivity contribution < 1.29 is 27.9 Å². The normalized spacial score (nSPS) is 11.5. The molecule has 29 heavy (non-hydrogen) atoms. The van der Waals surface area contributed by atoms with Gasteiger partial charge >= 0.3 is 6.18 Å². The fourth-order valence-electron chi connectivity index (χ4n) is 2.50. The van der Waals surface area contributed by atoms with E-state index in [4.69, 9.17) is 11.6 Å². The van der Waals surface area contributed by atoms with Crippen LogP contribution in [0.2, 0.25) is 5.02 Å². The SMILES string of the molecule is CC(=O)NCc1cc(Cl)cc(C(=O)Nc2nc3ccc(C(F)(F)F)cc3s2)c1O. The Bertz CT molecular complexity index is 1110. The summed E-state index contributed by atoms with van der Waals surface area (Å²) in [5, 5.41) is 15.5. The highest BCUT2D eigenvalue weighted by Crippen LogP contribution is 2.35. The van der Waals surface area contributed by atoms with Crippen LogP contribution in [-0.4, -0.2) is 21.9 Å². The van der Waals surface area contributed by atoms with Gasteiger partial charge < -0.3 is 10.4 Å². The van der Waals surface area contributed by atoms with E-state index in [-0.39, 0.29) is 44.2 Å². The molecular formula is C18H13ClF3N3O3S. The number of amides is 2. The van der Waals surface area contributed by atoms with Crippen molar-refractivity contribution in [2.24, 2.45) is 0 Å². The van der Waals surface area contributed by atoms with Crippen LogP contribution in [0.15, 0.2) is 30.3 Å². The van der Waals surface area contributed by atoms with Crippen LogP contribution < -0.4 is 10.6 Å². The molecule has 2 aromatic carbocycles. The molecule has 0 saturated carbocycles. The van der Waals surface area contributed by atoms with E-state index in [1.165, 1.54) is 25.1 Å². The highest BCUT2D eigenvalue weighted by molar-refractivity contribution is 7.22. The first kappa shape index (κ1) is 20.9. The number of fused-ring (bicyclic) bond motifs is 1. The van der Waals surface area contributed by atoms with Crippen LogP contribution in [0.25, 0.3) is 10.2 Å². The molecule has 0 radical (unpaired) electrons. The Labute approximate surface area is 171 Å². The van der Waals surface area contributed by atoms with Crippen molar-refractivity contribution >= 4 is 50.1 Å². The quantitative estimate of drug-likeness (QED) is 0.551. The minimum atomic E-state index is -4.49. The summed E-state index contributed by atoms with van der Waals surface area (Å²) in [5.41, 5.74) is -0.452. The molecule has 0 unspecified atom stereocenters. The summed E-state index contributed by atoms with van der Waals surface area (Å²) in [6.45, 7) is 1.26. The molecule has 0 fully saturated rings. The van der Waals surface area contributed by atoms with Crippen molar-refractivity contribution in [3.8, 4) is 5.75 Å². The van der Waals surface area contributed by atoms with Crippen LogP contribution in [0.4, 0.5) is 18.3 Å². The molecule has 0 bridgehead atoms. The molecule has 3 aromatic rings. The summed E-state index contributed by atoms with van der Waals surface area (Å²) in [5.74, 6) is -1.45. The third-order valence-corrected chi connectivity index (χ3v) is 5.01. The van der Waals surface area contributed by atoms with Gasteiger partial charge in [0.15, 0.2) is 5.13 Å². The minimum Gasteiger partial charge on any atom is -0.507 e. The molecule has 0 spiro atoms. The third kappa shape index (κ3) is 4.77. The van der Waals surface area contributed by atoms with Crippen molar-refractivity contribution in [1.29, 1.82) is 0 Å². The fourth-order valence-corrected chi connectivity index (χ4v) is 3.64. The summed E-state index contributed by atoms with van der Waals surface area (Å²) >= 11 is 6.85. The number of hydrogen-bond acceptors (Lipinski definition) is 5. The number of carbonyl (C=O) groups is 2. The number of nitrogens with one attached hydrogen (secondary N) is 2. The largest absolute Gasteiger partial charge is 0.507 e. The highest BCUT2D eigenvalue weighted by Gasteiger charge is 2.30. The molecule has 0 aliphatic heterocycles. The minimum absolute atomic E-state index is 0.0383. The van der Waals surface area contributed by atoms with Crippen LogP contribution >= 0.6 is 22.9 Å². The van der Waals surface area contributed by atoms with Gasteiger partial charge in [-0.2, -0.15) is 13.2 Å². The van der Waals surface area contributed by atoms with Crippen LogP contribution in [0, 0.1) is 0 Å². The predicted molar refractivity (Wildman–Crippen MR) is 103 cm³/mol. The molecule has 0 atom stereocenters. The predicted octanol–water partition coefficient (Wildman–Crippen LogP) is 4.56. The van der Waals surface area contributed by atoms with Gasteiger partial charge in [-0.05, 0) is 30.3 Å². The maximum absolute atomic E-state index is 12.8. The lowest BCUT2D eigenvalue weighted by molar-refractivity contribution is -0.137. The van der Waals surface area contributed by atoms with Gasteiger partial charge in [-0.15, -0.1) is 0 Å². The van der Waals surface area contributed by atoms with Crippen LogP contribution in [0.5, 0.6) is 5.75 Å². The van der Waals surface area contributed by atoms with Crippen LogP contribution in [0.1, 0.15) is 28.4 Å². The fraction of sp³-hybridized carbons (Fsp3) is 0.167. The van der Waals surface area contributed by atoms with E-state index in [9.17, 15) is 27.9 Å². The Kier molecular flexibility index (Phi) is 5.67. The molecule has 6 nitrogen and oxygen atoms in total. The lowest BCUT2D eigenvalue weighted by Gasteiger charge is -2.11. The zero-order chi connectivity index (χ0) is 21.3. The smallest absolute Gasteiger partial charge is 0.416 e. The molecule has 0 aliphatic carbocycles. The van der Waals surface area contributed by atoms with Gasteiger partial charge in [-0.3, -0.25) is 14.9 Å². The number of carbonyl (C=O) groups excluding carboxylic acids is 2. The van der Waals surface area contributed by atoms with E-state index < -0.39 is 17.6 Å². The number of alkyl halides is 3. The number of nitrogens with zero attached hydrogens (tertiary/aromatic N) is 1. The van der Waals surface area contributed by atoms with E-state index in [2.05, 4.69) is 15.6 Å². The first-order valence-corrected chi connectivity index (χ1v) is 9.29. The highest BCUT2D eigenvalue weighted by atomic mass is 35.5. The maximum Gasteiger partial charge on any atom is 0.416 e. The van der Waals surface area contributed by atoms with Crippen molar-refractivity contribution in [3.63, 3.8) is 0 Å². The van der Waals surface area contributed by atoms with Crippen LogP contribution in [0.3, 0.4) is 0 Å². The Morgan fingerprint density at radius 3 is 2.62 bits per heavy atom. The van der Waals surface area contributed by atoms with E-state index in [1.807, 2.05) is 0 Å². The van der Waals surface area contributed by atoms with Crippen molar-refractivity contribution in [3.05, 3.63) is 52.0 Å². The maximum atomic E-state index is 12.8. The molecule has 3 N–H and O–H groups in total. The number of aromatic hydroxyl groups is 1. The van der Waals surface area contributed by atoms with Gasteiger partial charge in [0, 0.05) is 24.1 Å². The molecular weight excluding hydrogens is 431 g/mol.